The lowest BCUT2D eigenvalue weighted by Crippen LogP contribution is -2.37. The molecule has 2 aliphatic rings. The van der Waals surface area contributed by atoms with E-state index < -0.39 is 0 Å². The maximum absolute atomic E-state index is 14.0. The average Bonchev–Trinajstić information content (AvgIpc) is 3.14. The number of methoxy groups -OCH3 is 1. The molecule has 16 heavy (non-hydrogen) atoms. The highest BCUT2D eigenvalue weighted by Crippen LogP contribution is 2.64. The maximum Gasteiger partial charge on any atom is 0.130 e. The summed E-state index contributed by atoms with van der Waals surface area (Å²) >= 11 is 0. The van der Waals surface area contributed by atoms with Crippen LogP contribution in [-0.2, 0) is 5.41 Å². The van der Waals surface area contributed by atoms with Crippen LogP contribution in [0.2, 0.25) is 0 Å². The number of hydrogen-bond acceptors (Lipinski definition) is 2. The quantitative estimate of drug-likeness (QED) is 0.850. The fourth-order valence-corrected chi connectivity index (χ4v) is 2.78. The van der Waals surface area contributed by atoms with E-state index >= 15 is 0 Å². The SMILES string of the molecule is COc1ccc(C2(C3(N)CC3)CC2)c(F)c1. The molecule has 2 nitrogen and oxygen atoms in total. The van der Waals surface area contributed by atoms with Crippen molar-refractivity contribution >= 4 is 0 Å². The zero-order chi connectivity index (χ0) is 11.4. The Kier molecular flexibility index (Phi) is 1.88. The average molecular weight is 221 g/mol. The zero-order valence-corrected chi connectivity index (χ0v) is 9.42. The Balaban J connectivity index is 2.01. The number of nitrogens with two attached hydrogens (primary N) is 1. The molecule has 0 heterocycles. The van der Waals surface area contributed by atoms with Gasteiger partial charge in [-0.3, -0.25) is 0 Å². The summed E-state index contributed by atoms with van der Waals surface area (Å²) in [5.74, 6) is 0.396. The van der Waals surface area contributed by atoms with Crippen LogP contribution in [0, 0.1) is 5.82 Å². The molecule has 0 bridgehead atoms. The number of hydrogen-bond donors (Lipinski definition) is 1. The van der Waals surface area contributed by atoms with Crippen LogP contribution in [0.5, 0.6) is 5.75 Å². The lowest BCUT2D eigenvalue weighted by molar-refractivity contribution is 0.407. The van der Waals surface area contributed by atoms with Gasteiger partial charge < -0.3 is 10.5 Å². The van der Waals surface area contributed by atoms with E-state index in [1.807, 2.05) is 12.1 Å². The summed E-state index contributed by atoms with van der Waals surface area (Å²) in [6.07, 6.45) is 4.09. The summed E-state index contributed by atoms with van der Waals surface area (Å²) in [6, 6.07) is 5.12. The molecule has 2 fully saturated rings. The predicted octanol–water partition coefficient (Wildman–Crippen LogP) is 2.36. The van der Waals surface area contributed by atoms with Crippen LogP contribution in [0.15, 0.2) is 18.2 Å². The van der Waals surface area contributed by atoms with Crippen molar-refractivity contribution in [3.8, 4) is 5.75 Å². The third-order valence-corrected chi connectivity index (χ3v) is 4.18. The molecule has 0 atom stereocenters. The van der Waals surface area contributed by atoms with Gasteiger partial charge in [-0.15, -0.1) is 0 Å². The highest BCUT2D eigenvalue weighted by molar-refractivity contribution is 5.43. The van der Waals surface area contributed by atoms with Crippen LogP contribution in [0.3, 0.4) is 0 Å². The minimum absolute atomic E-state index is 0.0800. The van der Waals surface area contributed by atoms with E-state index in [4.69, 9.17) is 10.5 Å². The Morgan fingerprint density at radius 3 is 2.38 bits per heavy atom. The van der Waals surface area contributed by atoms with E-state index in [2.05, 4.69) is 0 Å². The van der Waals surface area contributed by atoms with Crippen molar-refractivity contribution in [2.24, 2.45) is 5.73 Å². The Morgan fingerprint density at radius 1 is 1.25 bits per heavy atom. The molecule has 1 aromatic rings. The normalized spacial score (nSPS) is 23.9. The smallest absolute Gasteiger partial charge is 0.130 e. The summed E-state index contributed by atoms with van der Waals surface area (Å²) in [7, 11) is 1.55. The highest BCUT2D eigenvalue weighted by Gasteiger charge is 2.64. The van der Waals surface area contributed by atoms with Gasteiger partial charge in [0.05, 0.1) is 7.11 Å². The summed E-state index contributed by atoms with van der Waals surface area (Å²) in [5.41, 5.74) is 6.83. The lowest BCUT2D eigenvalue weighted by Gasteiger charge is -2.24. The van der Waals surface area contributed by atoms with Crippen LogP contribution in [0.1, 0.15) is 31.2 Å². The number of ether oxygens (including phenoxy) is 1. The Morgan fingerprint density at radius 2 is 1.94 bits per heavy atom. The molecule has 2 aliphatic carbocycles. The summed E-state index contributed by atoms with van der Waals surface area (Å²) in [6.45, 7) is 0. The zero-order valence-electron chi connectivity index (χ0n) is 9.42. The third-order valence-electron chi connectivity index (χ3n) is 4.18. The topological polar surface area (TPSA) is 35.2 Å². The van der Waals surface area contributed by atoms with E-state index in [1.165, 1.54) is 6.07 Å². The summed E-state index contributed by atoms with van der Waals surface area (Å²) < 4.78 is 19.0. The van der Waals surface area contributed by atoms with Crippen molar-refractivity contribution in [1.82, 2.24) is 0 Å². The van der Waals surface area contributed by atoms with E-state index in [9.17, 15) is 4.39 Å². The van der Waals surface area contributed by atoms with Crippen molar-refractivity contribution in [2.45, 2.75) is 36.6 Å². The van der Waals surface area contributed by atoms with E-state index in [0.717, 1.165) is 31.2 Å². The van der Waals surface area contributed by atoms with E-state index in [-0.39, 0.29) is 16.8 Å². The maximum atomic E-state index is 14.0. The molecular weight excluding hydrogens is 205 g/mol. The van der Waals surface area contributed by atoms with Crippen molar-refractivity contribution < 1.29 is 9.13 Å². The van der Waals surface area contributed by atoms with Gasteiger partial charge in [0.1, 0.15) is 11.6 Å². The molecule has 0 saturated heterocycles. The van der Waals surface area contributed by atoms with Crippen LogP contribution in [-0.4, -0.2) is 12.6 Å². The molecular formula is C13H16FNO. The molecule has 86 valence electrons. The molecule has 2 saturated carbocycles. The van der Waals surface area contributed by atoms with Crippen LogP contribution in [0.4, 0.5) is 4.39 Å². The molecule has 0 aliphatic heterocycles. The molecule has 1 aromatic carbocycles. The van der Waals surface area contributed by atoms with Gasteiger partial charge in [0.25, 0.3) is 0 Å². The summed E-state index contributed by atoms with van der Waals surface area (Å²) in [5, 5.41) is 0. The second-order valence-electron chi connectivity index (χ2n) is 5.08. The third kappa shape index (κ3) is 1.21. The van der Waals surface area contributed by atoms with Crippen molar-refractivity contribution in [3.63, 3.8) is 0 Å². The Labute approximate surface area is 94.6 Å². The van der Waals surface area contributed by atoms with Gasteiger partial charge in [-0.05, 0) is 37.3 Å². The first kappa shape index (κ1) is 10.1. The van der Waals surface area contributed by atoms with Gasteiger partial charge in [0.15, 0.2) is 0 Å². The van der Waals surface area contributed by atoms with Crippen molar-refractivity contribution in [1.29, 1.82) is 0 Å². The van der Waals surface area contributed by atoms with Crippen molar-refractivity contribution in [3.05, 3.63) is 29.6 Å². The standard InChI is InChI=1S/C13H16FNO/c1-16-9-2-3-10(11(14)8-9)12(4-5-12)13(15)6-7-13/h2-3,8H,4-7,15H2,1H3. The Bertz CT molecular complexity index is 436. The lowest BCUT2D eigenvalue weighted by atomic mass is 9.86. The van der Waals surface area contributed by atoms with Crippen LogP contribution in [0.25, 0.3) is 0 Å². The van der Waals surface area contributed by atoms with Gasteiger partial charge in [-0.25, -0.2) is 4.39 Å². The predicted molar refractivity (Wildman–Crippen MR) is 60.0 cm³/mol. The van der Waals surface area contributed by atoms with E-state index in [1.54, 1.807) is 7.11 Å². The molecule has 0 unspecified atom stereocenters. The number of benzene rings is 1. The minimum Gasteiger partial charge on any atom is -0.497 e. The van der Waals surface area contributed by atoms with Gasteiger partial charge in [0, 0.05) is 17.0 Å². The fourth-order valence-electron chi connectivity index (χ4n) is 2.78. The van der Waals surface area contributed by atoms with Gasteiger partial charge in [-0.1, -0.05) is 6.07 Å². The summed E-state index contributed by atoms with van der Waals surface area (Å²) in [4.78, 5) is 0. The largest absolute Gasteiger partial charge is 0.497 e. The van der Waals surface area contributed by atoms with Gasteiger partial charge in [0.2, 0.25) is 0 Å². The van der Waals surface area contributed by atoms with Gasteiger partial charge in [-0.2, -0.15) is 0 Å². The first-order chi connectivity index (χ1) is 7.61. The van der Waals surface area contributed by atoms with Gasteiger partial charge >= 0.3 is 0 Å². The molecule has 3 rings (SSSR count). The van der Waals surface area contributed by atoms with Crippen molar-refractivity contribution in [2.75, 3.05) is 7.11 Å². The molecule has 3 heteroatoms. The first-order valence-electron chi connectivity index (χ1n) is 5.74. The second kappa shape index (κ2) is 2.98. The molecule has 0 amide bonds. The molecule has 0 aromatic heterocycles. The molecule has 2 N–H and O–H groups in total. The van der Waals surface area contributed by atoms with Crippen LogP contribution >= 0.6 is 0 Å². The second-order valence-corrected chi connectivity index (χ2v) is 5.08. The van der Waals surface area contributed by atoms with E-state index in [0.29, 0.717) is 5.75 Å². The minimum atomic E-state index is -0.173. The monoisotopic (exact) mass is 221 g/mol. The number of rotatable bonds is 3. The first-order valence-corrected chi connectivity index (χ1v) is 5.74. The highest BCUT2D eigenvalue weighted by atomic mass is 19.1. The molecule has 0 spiro atoms. The Hall–Kier alpha value is -1.09. The van der Waals surface area contributed by atoms with Crippen LogP contribution < -0.4 is 10.5 Å². The number of halogens is 1. The molecule has 0 radical (unpaired) electrons. The fraction of sp³-hybridized carbons (Fsp3) is 0.538.